The van der Waals surface area contributed by atoms with Gasteiger partial charge in [0.05, 0.1) is 18.7 Å². The lowest BCUT2D eigenvalue weighted by Crippen LogP contribution is -2.51. The third-order valence-electron chi connectivity index (χ3n) is 6.02. The van der Waals surface area contributed by atoms with Gasteiger partial charge < -0.3 is 14.4 Å². The number of amides is 1. The van der Waals surface area contributed by atoms with Crippen LogP contribution in [0.25, 0.3) is 10.9 Å². The van der Waals surface area contributed by atoms with Crippen molar-refractivity contribution < 1.29 is 14.3 Å². The summed E-state index contributed by atoms with van der Waals surface area (Å²) in [6.45, 7) is 10.8. The Labute approximate surface area is 202 Å². The number of carbonyl (C=O) groups excluding carboxylic acids is 1. The van der Waals surface area contributed by atoms with Crippen molar-refractivity contribution in [1.82, 2.24) is 14.8 Å². The van der Waals surface area contributed by atoms with Gasteiger partial charge in [0.2, 0.25) is 0 Å². The molecule has 0 radical (unpaired) electrons. The Morgan fingerprint density at radius 2 is 2.03 bits per heavy atom. The molecule has 1 atom stereocenters. The van der Waals surface area contributed by atoms with Gasteiger partial charge >= 0.3 is 0 Å². The number of fused-ring (bicyclic) bond motifs is 1. The molecule has 34 heavy (non-hydrogen) atoms. The van der Waals surface area contributed by atoms with E-state index < -0.39 is 6.10 Å². The van der Waals surface area contributed by atoms with E-state index in [0.717, 1.165) is 35.3 Å². The number of para-hydroxylation sites is 1. The van der Waals surface area contributed by atoms with Crippen LogP contribution in [0, 0.1) is 5.92 Å². The molecule has 0 aliphatic carbocycles. The average Bonchev–Trinajstić information content (AvgIpc) is 2.84. The van der Waals surface area contributed by atoms with Crippen LogP contribution in [-0.4, -0.2) is 59.6 Å². The van der Waals surface area contributed by atoms with Crippen LogP contribution in [0.3, 0.4) is 0 Å². The van der Waals surface area contributed by atoms with Crippen LogP contribution in [0.2, 0.25) is 0 Å². The molecule has 1 aliphatic heterocycles. The highest BCUT2D eigenvalue weighted by Gasteiger charge is 2.31. The monoisotopic (exact) mass is 461 g/mol. The molecule has 3 aromatic rings. The van der Waals surface area contributed by atoms with Crippen molar-refractivity contribution in [3.05, 3.63) is 71.9 Å². The van der Waals surface area contributed by atoms with E-state index in [2.05, 4.69) is 54.1 Å². The Hall–Kier alpha value is -2.96. The van der Waals surface area contributed by atoms with E-state index in [1.165, 1.54) is 5.56 Å². The third kappa shape index (κ3) is 6.13. The molecule has 180 valence electrons. The zero-order valence-corrected chi connectivity index (χ0v) is 20.4. The molecule has 0 N–H and O–H groups in total. The number of hydrogen-bond donors (Lipinski definition) is 0. The minimum absolute atomic E-state index is 0.0504. The molecule has 0 spiro atoms. The largest absolute Gasteiger partial charge is 0.494 e. The molecule has 1 amide bonds. The normalized spacial score (nSPS) is 16.6. The fraction of sp³-hybridized carbons (Fsp3) is 0.429. The molecule has 0 unspecified atom stereocenters. The smallest absolute Gasteiger partial charge is 0.253 e. The number of nitrogens with zero attached hydrogens (tertiary/aromatic N) is 3. The summed E-state index contributed by atoms with van der Waals surface area (Å²) >= 11 is 0. The van der Waals surface area contributed by atoms with E-state index in [-0.39, 0.29) is 5.91 Å². The first-order valence-electron chi connectivity index (χ1n) is 12.2. The molecule has 1 aliphatic rings. The third-order valence-corrected chi connectivity index (χ3v) is 6.02. The highest BCUT2D eigenvalue weighted by atomic mass is 16.5. The number of ether oxygens (including phenoxy) is 2. The SMILES string of the molecule is CCOc1cccc(CN2CCO[C@@H](C(=O)N(Cc3cccc4cccnc34)CC(C)C)C2)c1. The van der Waals surface area contributed by atoms with Gasteiger partial charge in [-0.25, -0.2) is 0 Å². The summed E-state index contributed by atoms with van der Waals surface area (Å²) in [7, 11) is 0. The van der Waals surface area contributed by atoms with Gasteiger partial charge in [0.1, 0.15) is 11.9 Å². The Kier molecular flexibility index (Phi) is 8.14. The number of benzene rings is 2. The zero-order valence-electron chi connectivity index (χ0n) is 20.4. The topological polar surface area (TPSA) is 54.9 Å². The summed E-state index contributed by atoms with van der Waals surface area (Å²) in [6.07, 6.45) is 1.34. The van der Waals surface area contributed by atoms with E-state index in [1.807, 2.05) is 42.3 Å². The Bertz CT molecular complexity index is 1100. The molecule has 1 fully saturated rings. The molecule has 4 rings (SSSR count). The molecular formula is C28H35N3O3. The van der Waals surface area contributed by atoms with Gasteiger partial charge in [0, 0.05) is 44.3 Å². The molecule has 0 bridgehead atoms. The molecule has 2 aromatic carbocycles. The summed E-state index contributed by atoms with van der Waals surface area (Å²) in [4.78, 5) is 22.5. The van der Waals surface area contributed by atoms with E-state index in [1.54, 1.807) is 0 Å². The maximum absolute atomic E-state index is 13.6. The second-order valence-corrected chi connectivity index (χ2v) is 9.28. The average molecular weight is 462 g/mol. The minimum atomic E-state index is -0.467. The molecule has 6 heteroatoms. The second kappa shape index (κ2) is 11.4. The van der Waals surface area contributed by atoms with Gasteiger partial charge in [0.15, 0.2) is 0 Å². The van der Waals surface area contributed by atoms with E-state index in [9.17, 15) is 4.79 Å². The highest BCUT2D eigenvalue weighted by molar-refractivity contribution is 5.84. The quantitative estimate of drug-likeness (QED) is 0.469. The Morgan fingerprint density at radius 1 is 1.21 bits per heavy atom. The highest BCUT2D eigenvalue weighted by Crippen LogP contribution is 2.21. The van der Waals surface area contributed by atoms with Crippen molar-refractivity contribution in [1.29, 1.82) is 0 Å². The Morgan fingerprint density at radius 3 is 2.85 bits per heavy atom. The molecule has 2 heterocycles. The van der Waals surface area contributed by atoms with Crippen LogP contribution >= 0.6 is 0 Å². The van der Waals surface area contributed by atoms with Crippen molar-refractivity contribution in [2.45, 2.75) is 40.0 Å². The first-order valence-corrected chi connectivity index (χ1v) is 12.2. The van der Waals surface area contributed by atoms with E-state index in [0.29, 0.717) is 38.8 Å². The maximum atomic E-state index is 13.6. The van der Waals surface area contributed by atoms with Crippen LogP contribution < -0.4 is 4.74 Å². The first-order chi connectivity index (χ1) is 16.5. The molecule has 6 nitrogen and oxygen atoms in total. The first kappa shape index (κ1) is 24.2. The number of rotatable bonds is 9. The second-order valence-electron chi connectivity index (χ2n) is 9.28. The van der Waals surface area contributed by atoms with Crippen molar-refractivity contribution in [2.24, 2.45) is 5.92 Å². The standard InChI is InChI=1S/C28H35N3O3/c1-4-33-25-12-5-8-22(16-25)18-30-14-15-34-26(20-30)28(32)31(17-21(2)3)19-24-10-6-9-23-11-7-13-29-27(23)24/h5-13,16,21,26H,4,14-15,17-20H2,1-3H3/t26-/m1/s1. The summed E-state index contributed by atoms with van der Waals surface area (Å²) < 4.78 is 11.6. The van der Waals surface area contributed by atoms with Crippen LogP contribution in [0.1, 0.15) is 31.9 Å². The van der Waals surface area contributed by atoms with Crippen LogP contribution in [0.5, 0.6) is 5.75 Å². The number of aromatic nitrogens is 1. The van der Waals surface area contributed by atoms with E-state index >= 15 is 0 Å². The number of pyridine rings is 1. The van der Waals surface area contributed by atoms with E-state index in [4.69, 9.17) is 9.47 Å². The fourth-order valence-electron chi connectivity index (χ4n) is 4.53. The van der Waals surface area contributed by atoms with Crippen LogP contribution in [-0.2, 0) is 22.6 Å². The maximum Gasteiger partial charge on any atom is 0.253 e. The predicted molar refractivity (Wildman–Crippen MR) is 135 cm³/mol. The summed E-state index contributed by atoms with van der Waals surface area (Å²) in [5.74, 6) is 1.29. The van der Waals surface area contributed by atoms with Crippen LogP contribution in [0.15, 0.2) is 60.8 Å². The molecule has 1 aromatic heterocycles. The summed E-state index contributed by atoms with van der Waals surface area (Å²) in [5, 5.41) is 1.09. The minimum Gasteiger partial charge on any atom is -0.494 e. The molecule has 0 saturated carbocycles. The summed E-state index contributed by atoms with van der Waals surface area (Å²) in [5.41, 5.74) is 3.19. The van der Waals surface area contributed by atoms with Crippen molar-refractivity contribution in [3.8, 4) is 5.75 Å². The van der Waals surface area contributed by atoms with Crippen molar-refractivity contribution in [2.75, 3.05) is 32.8 Å². The zero-order chi connectivity index (χ0) is 23.9. The summed E-state index contributed by atoms with van der Waals surface area (Å²) in [6, 6.07) is 18.3. The number of carbonyl (C=O) groups is 1. The van der Waals surface area contributed by atoms with Gasteiger partial charge in [-0.2, -0.15) is 0 Å². The van der Waals surface area contributed by atoms with Gasteiger partial charge in [-0.05, 0) is 42.2 Å². The van der Waals surface area contributed by atoms with Crippen LogP contribution in [0.4, 0.5) is 0 Å². The molecule has 1 saturated heterocycles. The van der Waals surface area contributed by atoms with Gasteiger partial charge in [0.25, 0.3) is 5.91 Å². The number of morpholine rings is 1. The lowest BCUT2D eigenvalue weighted by Gasteiger charge is -2.35. The Balaban J connectivity index is 1.47. The van der Waals surface area contributed by atoms with Gasteiger partial charge in [-0.15, -0.1) is 0 Å². The fourth-order valence-corrected chi connectivity index (χ4v) is 4.53. The lowest BCUT2D eigenvalue weighted by molar-refractivity contribution is -0.151. The molecular weight excluding hydrogens is 426 g/mol. The number of hydrogen-bond acceptors (Lipinski definition) is 5. The van der Waals surface area contributed by atoms with Gasteiger partial charge in [-0.1, -0.05) is 50.2 Å². The van der Waals surface area contributed by atoms with Gasteiger partial charge in [-0.3, -0.25) is 14.7 Å². The van der Waals surface area contributed by atoms with Crippen molar-refractivity contribution in [3.63, 3.8) is 0 Å². The lowest BCUT2D eigenvalue weighted by atomic mass is 10.1. The predicted octanol–water partition coefficient (Wildman–Crippen LogP) is 4.52. The van der Waals surface area contributed by atoms with Crippen molar-refractivity contribution >= 4 is 16.8 Å².